The Kier molecular flexibility index (Phi) is 38.4. The van der Waals surface area contributed by atoms with Gasteiger partial charge in [-0.3, -0.25) is 9.59 Å². The molecule has 0 fully saturated rings. The standard InChI is InChI=1S/C45H84N2O5/c1-3-5-7-9-11-13-15-17-19-21-23-26-30-35-41(36-31-27-25-28-32-38-43(48)47-42(45(50)51)37-34-40-46)52-44(49)39-33-29-24-22-20-18-16-14-12-10-8-6-4-2/h8,10,14,16,41-42H,3-7,9,11-13,15,17-40,46H2,1-2H3,(H,47,48)(H,50,51)/b10-8-,16-14-. The number of carboxylic acid groups (broad SMARTS) is 1. The van der Waals surface area contributed by atoms with Crippen LogP contribution in [0.1, 0.15) is 226 Å². The number of rotatable bonds is 40. The first-order chi connectivity index (χ1) is 25.4. The number of hydrogen-bond donors (Lipinski definition) is 3. The molecule has 2 unspecified atom stereocenters. The molecular weight excluding hydrogens is 649 g/mol. The van der Waals surface area contributed by atoms with Gasteiger partial charge < -0.3 is 20.9 Å². The van der Waals surface area contributed by atoms with Gasteiger partial charge in [0.1, 0.15) is 12.1 Å². The van der Waals surface area contributed by atoms with Gasteiger partial charge >= 0.3 is 11.9 Å². The molecule has 0 saturated heterocycles. The second-order valence-corrected chi connectivity index (χ2v) is 15.1. The highest BCUT2D eigenvalue weighted by molar-refractivity contribution is 5.83. The van der Waals surface area contributed by atoms with Gasteiger partial charge in [0.2, 0.25) is 5.91 Å². The molecule has 0 aliphatic carbocycles. The molecule has 0 radical (unpaired) electrons. The van der Waals surface area contributed by atoms with Crippen molar-refractivity contribution in [3.05, 3.63) is 24.3 Å². The summed E-state index contributed by atoms with van der Waals surface area (Å²) in [7, 11) is 0. The van der Waals surface area contributed by atoms with E-state index >= 15 is 0 Å². The molecule has 1 amide bonds. The van der Waals surface area contributed by atoms with Crippen molar-refractivity contribution in [1.82, 2.24) is 5.32 Å². The van der Waals surface area contributed by atoms with Crippen LogP contribution < -0.4 is 11.1 Å². The number of amides is 1. The van der Waals surface area contributed by atoms with Gasteiger partial charge in [0, 0.05) is 12.8 Å². The fourth-order valence-corrected chi connectivity index (χ4v) is 6.67. The van der Waals surface area contributed by atoms with Crippen LogP contribution in [0, 0.1) is 0 Å². The number of esters is 1. The second kappa shape index (κ2) is 40.0. The summed E-state index contributed by atoms with van der Waals surface area (Å²) in [6.45, 7) is 4.89. The summed E-state index contributed by atoms with van der Waals surface area (Å²) < 4.78 is 6.05. The number of nitrogens with two attached hydrogens (primary N) is 1. The molecule has 0 bridgehead atoms. The van der Waals surface area contributed by atoms with E-state index in [2.05, 4.69) is 43.5 Å². The average Bonchev–Trinajstić information content (AvgIpc) is 3.13. The summed E-state index contributed by atoms with van der Waals surface area (Å²) in [6, 6.07) is -0.856. The van der Waals surface area contributed by atoms with Crippen molar-refractivity contribution in [3.8, 4) is 0 Å². The van der Waals surface area contributed by atoms with Crippen LogP contribution in [0.5, 0.6) is 0 Å². The lowest BCUT2D eigenvalue weighted by Gasteiger charge is -2.18. The molecule has 0 aliphatic heterocycles. The van der Waals surface area contributed by atoms with E-state index in [1.165, 1.54) is 109 Å². The Hall–Kier alpha value is -2.15. The number of unbranched alkanes of at least 4 members (excludes halogenated alkanes) is 22. The van der Waals surface area contributed by atoms with Crippen molar-refractivity contribution < 1.29 is 24.2 Å². The molecule has 0 aromatic carbocycles. The largest absolute Gasteiger partial charge is 0.480 e. The normalized spacial score (nSPS) is 12.8. The first-order valence-corrected chi connectivity index (χ1v) is 22.2. The van der Waals surface area contributed by atoms with E-state index in [4.69, 9.17) is 10.5 Å². The zero-order valence-electron chi connectivity index (χ0n) is 34.2. The Labute approximate surface area is 321 Å². The Bertz CT molecular complexity index is 874. The zero-order valence-corrected chi connectivity index (χ0v) is 34.2. The molecule has 7 nitrogen and oxygen atoms in total. The van der Waals surface area contributed by atoms with Crippen molar-refractivity contribution in [2.24, 2.45) is 5.73 Å². The van der Waals surface area contributed by atoms with E-state index in [0.717, 1.165) is 77.0 Å². The third kappa shape index (κ3) is 36.2. The van der Waals surface area contributed by atoms with Crippen LogP contribution in [-0.4, -0.2) is 41.6 Å². The Morgan fingerprint density at radius 1 is 0.558 bits per heavy atom. The van der Waals surface area contributed by atoms with Gasteiger partial charge in [0.25, 0.3) is 0 Å². The smallest absolute Gasteiger partial charge is 0.326 e. The van der Waals surface area contributed by atoms with Crippen molar-refractivity contribution in [2.45, 2.75) is 238 Å². The van der Waals surface area contributed by atoms with E-state index in [-0.39, 0.29) is 18.0 Å². The number of nitrogens with one attached hydrogen (secondary N) is 1. The lowest BCUT2D eigenvalue weighted by Crippen LogP contribution is -2.40. The van der Waals surface area contributed by atoms with Crippen molar-refractivity contribution in [2.75, 3.05) is 6.54 Å². The summed E-state index contributed by atoms with van der Waals surface area (Å²) in [5.74, 6) is -1.24. The van der Waals surface area contributed by atoms with Gasteiger partial charge in [-0.2, -0.15) is 0 Å². The number of hydrogen-bond acceptors (Lipinski definition) is 5. The molecule has 2 atom stereocenters. The van der Waals surface area contributed by atoms with Crippen LogP contribution in [-0.2, 0) is 19.1 Å². The van der Waals surface area contributed by atoms with Gasteiger partial charge in [0.15, 0.2) is 0 Å². The maximum absolute atomic E-state index is 12.8. The number of aliphatic carboxylic acids is 1. The van der Waals surface area contributed by atoms with Crippen LogP contribution in [0.25, 0.3) is 0 Å². The quantitative estimate of drug-likeness (QED) is 0.0328. The fraction of sp³-hybridized carbons (Fsp3) is 0.844. The molecule has 0 aromatic heterocycles. The maximum atomic E-state index is 12.8. The molecule has 0 rings (SSSR count). The molecule has 304 valence electrons. The van der Waals surface area contributed by atoms with Crippen LogP contribution in [0.3, 0.4) is 0 Å². The summed E-state index contributed by atoms with van der Waals surface area (Å²) in [6.07, 6.45) is 45.0. The fourth-order valence-electron chi connectivity index (χ4n) is 6.67. The van der Waals surface area contributed by atoms with Gasteiger partial charge in [0.05, 0.1) is 0 Å². The Morgan fingerprint density at radius 3 is 1.56 bits per heavy atom. The molecule has 0 aromatic rings. The highest BCUT2D eigenvalue weighted by Gasteiger charge is 2.19. The SMILES string of the molecule is CCC/C=C\C/C=C\CCCCCCCC(=O)OC(CCCCCCCCCCCCCCC)CCCCCCCC(=O)NC(CCCN)C(=O)O. The van der Waals surface area contributed by atoms with Crippen molar-refractivity contribution >= 4 is 17.8 Å². The first kappa shape index (κ1) is 49.9. The highest BCUT2D eigenvalue weighted by Crippen LogP contribution is 2.19. The Balaban J connectivity index is 4.33. The lowest BCUT2D eigenvalue weighted by atomic mass is 10.0. The summed E-state index contributed by atoms with van der Waals surface area (Å²) in [5, 5.41) is 11.9. The summed E-state index contributed by atoms with van der Waals surface area (Å²) in [4.78, 5) is 36.4. The van der Waals surface area contributed by atoms with E-state index < -0.39 is 12.0 Å². The monoisotopic (exact) mass is 733 g/mol. The predicted octanol–water partition coefficient (Wildman–Crippen LogP) is 12.5. The minimum absolute atomic E-state index is 0.0102. The molecule has 0 aliphatic rings. The molecule has 0 spiro atoms. The molecule has 0 saturated carbocycles. The first-order valence-electron chi connectivity index (χ1n) is 22.2. The summed E-state index contributed by atoms with van der Waals surface area (Å²) >= 11 is 0. The number of carbonyl (C=O) groups is 3. The molecule has 0 heterocycles. The zero-order chi connectivity index (χ0) is 38.2. The highest BCUT2D eigenvalue weighted by atomic mass is 16.5. The molecule has 4 N–H and O–H groups in total. The van der Waals surface area contributed by atoms with E-state index in [9.17, 15) is 19.5 Å². The van der Waals surface area contributed by atoms with Gasteiger partial charge in [-0.05, 0) is 83.6 Å². The lowest BCUT2D eigenvalue weighted by molar-refractivity contribution is -0.150. The summed E-state index contributed by atoms with van der Waals surface area (Å²) in [5.41, 5.74) is 5.49. The van der Waals surface area contributed by atoms with Crippen LogP contribution in [0.2, 0.25) is 0 Å². The van der Waals surface area contributed by atoms with Crippen molar-refractivity contribution in [1.29, 1.82) is 0 Å². The molecule has 7 heteroatoms. The topological polar surface area (TPSA) is 119 Å². The van der Waals surface area contributed by atoms with Gasteiger partial charge in [-0.1, -0.05) is 160 Å². The minimum Gasteiger partial charge on any atom is -0.480 e. The number of carboxylic acids is 1. The third-order valence-corrected chi connectivity index (χ3v) is 10.0. The second-order valence-electron chi connectivity index (χ2n) is 15.1. The third-order valence-electron chi connectivity index (χ3n) is 10.0. The predicted molar refractivity (Wildman–Crippen MR) is 220 cm³/mol. The molecular formula is C45H84N2O5. The van der Waals surface area contributed by atoms with E-state index in [1.807, 2.05) is 0 Å². The van der Waals surface area contributed by atoms with Gasteiger partial charge in [-0.15, -0.1) is 0 Å². The van der Waals surface area contributed by atoms with Crippen molar-refractivity contribution in [3.63, 3.8) is 0 Å². The van der Waals surface area contributed by atoms with Crippen LogP contribution in [0.15, 0.2) is 24.3 Å². The Morgan fingerprint density at radius 2 is 1.04 bits per heavy atom. The van der Waals surface area contributed by atoms with Crippen LogP contribution >= 0.6 is 0 Å². The maximum Gasteiger partial charge on any atom is 0.326 e. The molecule has 52 heavy (non-hydrogen) atoms. The van der Waals surface area contributed by atoms with Crippen LogP contribution in [0.4, 0.5) is 0 Å². The minimum atomic E-state index is -1.00. The van der Waals surface area contributed by atoms with Gasteiger partial charge in [-0.25, -0.2) is 4.79 Å². The number of allylic oxidation sites excluding steroid dienone is 4. The number of carbonyl (C=O) groups excluding carboxylic acids is 2. The number of ether oxygens (including phenoxy) is 1. The van der Waals surface area contributed by atoms with E-state index in [0.29, 0.717) is 32.2 Å². The van der Waals surface area contributed by atoms with E-state index in [1.54, 1.807) is 0 Å². The average molecular weight is 733 g/mol.